The third kappa shape index (κ3) is 5.22. The number of hydrogen-bond acceptors (Lipinski definition) is 6. The summed E-state index contributed by atoms with van der Waals surface area (Å²) in [6.07, 6.45) is 2.22. The normalized spacial score (nSPS) is 15.6. The lowest BCUT2D eigenvalue weighted by atomic mass is 10.1. The Bertz CT molecular complexity index is 1080. The number of aromatic nitrogens is 3. The Kier molecular flexibility index (Phi) is 6.63. The summed E-state index contributed by atoms with van der Waals surface area (Å²) in [7, 11) is 0. The second kappa shape index (κ2) is 9.77. The van der Waals surface area contributed by atoms with E-state index in [1.807, 2.05) is 74.2 Å². The van der Waals surface area contributed by atoms with E-state index in [1.54, 1.807) is 0 Å². The van der Waals surface area contributed by atoms with E-state index in [0.29, 0.717) is 24.8 Å². The summed E-state index contributed by atoms with van der Waals surface area (Å²) in [6, 6.07) is 15.6. The van der Waals surface area contributed by atoms with Gasteiger partial charge in [0.1, 0.15) is 11.6 Å². The zero-order valence-electron chi connectivity index (χ0n) is 18.8. The van der Waals surface area contributed by atoms with Gasteiger partial charge in [0.2, 0.25) is 11.9 Å². The molecular weight excluding hydrogens is 402 g/mol. The largest absolute Gasteiger partial charge is 0.493 e. The van der Waals surface area contributed by atoms with Gasteiger partial charge in [-0.2, -0.15) is 0 Å². The summed E-state index contributed by atoms with van der Waals surface area (Å²) >= 11 is 0. The summed E-state index contributed by atoms with van der Waals surface area (Å²) in [5.41, 5.74) is 3.75. The van der Waals surface area contributed by atoms with Crippen LogP contribution < -0.4 is 10.1 Å². The Labute approximate surface area is 188 Å². The lowest BCUT2D eigenvalue weighted by molar-refractivity contribution is -0.132. The molecule has 166 valence electrons. The Morgan fingerprint density at radius 3 is 2.62 bits per heavy atom. The monoisotopic (exact) mass is 431 g/mol. The van der Waals surface area contributed by atoms with Gasteiger partial charge in [-0.15, -0.1) is 0 Å². The van der Waals surface area contributed by atoms with Crippen molar-refractivity contribution in [1.29, 1.82) is 0 Å². The third-order valence-electron chi connectivity index (χ3n) is 5.57. The molecule has 1 aliphatic heterocycles. The first-order valence-electron chi connectivity index (χ1n) is 11.0. The van der Waals surface area contributed by atoms with Crippen LogP contribution in [0.1, 0.15) is 47.9 Å². The molecule has 7 heteroatoms. The smallest absolute Gasteiger partial charge is 0.228 e. The topological polar surface area (TPSA) is 80.2 Å². The molecule has 0 saturated carbocycles. The van der Waals surface area contributed by atoms with Crippen LogP contribution in [0.5, 0.6) is 5.75 Å². The van der Waals surface area contributed by atoms with E-state index < -0.39 is 0 Å². The molecule has 1 N–H and O–H groups in total. The maximum Gasteiger partial charge on any atom is 0.228 e. The predicted octanol–water partition coefficient (Wildman–Crippen LogP) is 4.67. The van der Waals surface area contributed by atoms with E-state index >= 15 is 0 Å². The summed E-state index contributed by atoms with van der Waals surface area (Å²) in [6.45, 7) is 6.99. The highest BCUT2D eigenvalue weighted by Gasteiger charge is 2.30. The molecule has 1 aromatic carbocycles. The van der Waals surface area contributed by atoms with E-state index in [9.17, 15) is 4.79 Å². The highest BCUT2D eigenvalue weighted by atomic mass is 16.5. The number of aryl methyl sites for hydroxylation is 3. The molecule has 32 heavy (non-hydrogen) atoms. The third-order valence-corrected chi connectivity index (χ3v) is 5.57. The number of benzene rings is 1. The quantitative estimate of drug-likeness (QED) is 0.585. The first-order chi connectivity index (χ1) is 15.5. The number of hydrogen-bond donors (Lipinski definition) is 1. The van der Waals surface area contributed by atoms with Crippen molar-refractivity contribution in [1.82, 2.24) is 19.9 Å². The molecule has 1 amide bonds. The van der Waals surface area contributed by atoms with Crippen LogP contribution in [0.3, 0.4) is 0 Å². The molecule has 7 nitrogen and oxygen atoms in total. The molecule has 0 radical (unpaired) electrons. The van der Waals surface area contributed by atoms with Gasteiger partial charge in [0.15, 0.2) is 0 Å². The summed E-state index contributed by atoms with van der Waals surface area (Å²) in [5, 5.41) is 3.19. The van der Waals surface area contributed by atoms with E-state index in [0.717, 1.165) is 47.8 Å². The molecule has 0 unspecified atom stereocenters. The number of likely N-dealkylation sites (tertiary alicyclic amines) is 1. The number of ether oxygens (including phenoxy) is 1. The number of carbonyl (C=O) groups excluding carboxylic acids is 1. The molecule has 0 aliphatic carbocycles. The molecule has 4 rings (SSSR count). The maximum absolute atomic E-state index is 12.9. The van der Waals surface area contributed by atoms with Crippen LogP contribution in [0.25, 0.3) is 0 Å². The maximum atomic E-state index is 12.9. The molecule has 1 atom stereocenters. The zero-order valence-corrected chi connectivity index (χ0v) is 18.8. The van der Waals surface area contributed by atoms with Crippen LogP contribution >= 0.6 is 0 Å². The van der Waals surface area contributed by atoms with Crippen molar-refractivity contribution in [3.8, 4) is 5.75 Å². The number of pyridine rings is 1. The second-order valence-electron chi connectivity index (χ2n) is 8.16. The number of amides is 1. The van der Waals surface area contributed by atoms with Crippen LogP contribution in [-0.4, -0.2) is 38.9 Å². The van der Waals surface area contributed by atoms with Gasteiger partial charge in [-0.1, -0.05) is 24.3 Å². The molecule has 1 aliphatic rings. The fourth-order valence-electron chi connectivity index (χ4n) is 4.09. The zero-order chi connectivity index (χ0) is 22.5. The summed E-state index contributed by atoms with van der Waals surface area (Å²) in [5.74, 6) is 2.13. The predicted molar refractivity (Wildman–Crippen MR) is 124 cm³/mol. The van der Waals surface area contributed by atoms with Gasteiger partial charge in [0, 0.05) is 17.9 Å². The molecule has 1 fully saturated rings. The number of nitrogens with one attached hydrogen (secondary N) is 1. The van der Waals surface area contributed by atoms with Crippen LogP contribution in [0.2, 0.25) is 0 Å². The van der Waals surface area contributed by atoms with Gasteiger partial charge < -0.3 is 15.0 Å². The van der Waals surface area contributed by atoms with Crippen LogP contribution in [0.15, 0.2) is 48.5 Å². The van der Waals surface area contributed by atoms with Gasteiger partial charge >= 0.3 is 0 Å². The Morgan fingerprint density at radius 1 is 1.06 bits per heavy atom. The molecule has 3 heterocycles. The lowest BCUT2D eigenvalue weighted by Crippen LogP contribution is -2.32. The van der Waals surface area contributed by atoms with E-state index in [1.165, 1.54) is 0 Å². The molecule has 0 bridgehead atoms. The SMILES string of the molecule is Cc1cc(C)nc(Nc2cccc([C@H]3CCCN3C(=O)CCOc3ccccc3C)n2)n1. The first-order valence-corrected chi connectivity index (χ1v) is 11.0. The van der Waals surface area contributed by atoms with Crippen molar-refractivity contribution in [3.63, 3.8) is 0 Å². The minimum Gasteiger partial charge on any atom is -0.493 e. The Balaban J connectivity index is 1.41. The van der Waals surface area contributed by atoms with Gasteiger partial charge in [-0.05, 0) is 63.4 Å². The fraction of sp³-hybridized carbons (Fsp3) is 0.360. The van der Waals surface area contributed by atoms with Gasteiger partial charge in [0.05, 0.1) is 24.8 Å². The van der Waals surface area contributed by atoms with Crippen molar-refractivity contribution in [2.24, 2.45) is 0 Å². The Hall–Kier alpha value is -3.48. The average molecular weight is 432 g/mol. The van der Waals surface area contributed by atoms with E-state index in [4.69, 9.17) is 9.72 Å². The Morgan fingerprint density at radius 2 is 1.84 bits per heavy atom. The molecule has 0 spiro atoms. The highest BCUT2D eigenvalue weighted by Crippen LogP contribution is 2.32. The molecule has 1 saturated heterocycles. The van der Waals surface area contributed by atoms with Crippen LogP contribution in [0, 0.1) is 20.8 Å². The van der Waals surface area contributed by atoms with Crippen molar-refractivity contribution in [2.75, 3.05) is 18.5 Å². The van der Waals surface area contributed by atoms with Crippen LogP contribution in [0.4, 0.5) is 11.8 Å². The number of para-hydroxylation sites is 1. The molecule has 2 aromatic heterocycles. The van der Waals surface area contributed by atoms with E-state index in [-0.39, 0.29) is 11.9 Å². The summed E-state index contributed by atoms with van der Waals surface area (Å²) in [4.78, 5) is 28.5. The first kappa shape index (κ1) is 21.7. The van der Waals surface area contributed by atoms with Gasteiger partial charge in [0.25, 0.3) is 0 Å². The second-order valence-corrected chi connectivity index (χ2v) is 8.16. The standard InChI is InChI=1S/C25H29N5O2/c1-17-8-4-5-11-22(17)32-15-13-24(31)30-14-7-10-21(30)20-9-6-12-23(28-20)29-25-26-18(2)16-19(3)27-25/h4-6,8-9,11-12,16,21H,7,10,13-15H2,1-3H3,(H,26,27,28,29)/t21-/m1/s1. The average Bonchev–Trinajstić information content (AvgIpc) is 3.25. The van der Waals surface area contributed by atoms with Crippen molar-refractivity contribution < 1.29 is 9.53 Å². The van der Waals surface area contributed by atoms with Crippen molar-refractivity contribution in [2.45, 2.75) is 46.1 Å². The summed E-state index contributed by atoms with van der Waals surface area (Å²) < 4.78 is 5.83. The minimum atomic E-state index is -0.0251. The lowest BCUT2D eigenvalue weighted by Gasteiger charge is -2.25. The highest BCUT2D eigenvalue weighted by molar-refractivity contribution is 5.77. The van der Waals surface area contributed by atoms with Gasteiger partial charge in [-0.3, -0.25) is 4.79 Å². The van der Waals surface area contributed by atoms with Crippen LogP contribution in [-0.2, 0) is 4.79 Å². The number of rotatable bonds is 7. The molecule has 3 aromatic rings. The van der Waals surface area contributed by atoms with Crippen molar-refractivity contribution in [3.05, 3.63) is 71.2 Å². The van der Waals surface area contributed by atoms with E-state index in [2.05, 4.69) is 15.3 Å². The molecular formula is C25H29N5O2. The number of nitrogens with zero attached hydrogens (tertiary/aromatic N) is 4. The van der Waals surface area contributed by atoms with Gasteiger partial charge in [-0.25, -0.2) is 15.0 Å². The fourth-order valence-corrected chi connectivity index (χ4v) is 4.09. The number of carbonyl (C=O) groups is 1. The number of anilines is 2. The van der Waals surface area contributed by atoms with Crippen molar-refractivity contribution >= 4 is 17.7 Å². The minimum absolute atomic E-state index is 0.0251.